The van der Waals surface area contributed by atoms with Crippen molar-refractivity contribution in [3.8, 4) is 0 Å². The van der Waals surface area contributed by atoms with E-state index in [9.17, 15) is 0 Å². The molecule has 0 heteroatoms. The first kappa shape index (κ1) is 11.1. The van der Waals surface area contributed by atoms with E-state index < -0.39 is 0 Å². The second-order valence-corrected chi connectivity index (χ2v) is 5.17. The second-order valence-electron chi connectivity index (χ2n) is 5.17. The quantitative estimate of drug-likeness (QED) is 0.596. The van der Waals surface area contributed by atoms with Gasteiger partial charge < -0.3 is 0 Å². The third-order valence-electron chi connectivity index (χ3n) is 4.68. The summed E-state index contributed by atoms with van der Waals surface area (Å²) in [6, 6.07) is 0. The van der Waals surface area contributed by atoms with Gasteiger partial charge in [0.05, 0.1) is 0 Å². The fourth-order valence-electron chi connectivity index (χ4n) is 3.22. The van der Waals surface area contributed by atoms with E-state index in [1.807, 2.05) is 0 Å². The third kappa shape index (κ3) is 2.08. The van der Waals surface area contributed by atoms with Crippen LogP contribution >= 0.6 is 0 Å². The van der Waals surface area contributed by atoms with Crippen molar-refractivity contribution in [3.63, 3.8) is 0 Å². The van der Waals surface area contributed by atoms with Crippen LogP contribution in [-0.2, 0) is 0 Å². The molecular weight excluding hydrogens is 156 g/mol. The average molecular weight is 182 g/mol. The van der Waals surface area contributed by atoms with E-state index in [2.05, 4.69) is 27.7 Å². The molecule has 0 aromatic carbocycles. The van der Waals surface area contributed by atoms with Crippen LogP contribution in [0.3, 0.4) is 0 Å². The lowest BCUT2D eigenvalue weighted by atomic mass is 9.60. The minimum Gasteiger partial charge on any atom is -0.0651 e. The number of hydrogen-bond acceptors (Lipinski definition) is 0. The molecule has 0 spiro atoms. The Morgan fingerprint density at radius 3 is 2.54 bits per heavy atom. The summed E-state index contributed by atoms with van der Waals surface area (Å²) in [6.45, 7) is 9.70. The molecule has 1 rings (SSSR count). The summed E-state index contributed by atoms with van der Waals surface area (Å²) < 4.78 is 0. The topological polar surface area (TPSA) is 0 Å². The standard InChI is InChI=1S/C13H26/c1-5-11(3)13(4)10-8-7-9-12(13)6-2/h11-12H,5-10H2,1-4H3. The zero-order valence-electron chi connectivity index (χ0n) is 9.90. The van der Waals surface area contributed by atoms with Gasteiger partial charge in [0.2, 0.25) is 0 Å². The lowest BCUT2D eigenvalue weighted by Gasteiger charge is -2.45. The summed E-state index contributed by atoms with van der Waals surface area (Å²) in [5.74, 6) is 1.91. The van der Waals surface area contributed by atoms with Crippen LogP contribution in [0.1, 0.15) is 66.2 Å². The molecule has 13 heavy (non-hydrogen) atoms. The first-order valence-electron chi connectivity index (χ1n) is 6.15. The molecule has 0 radical (unpaired) electrons. The Labute approximate surface area is 84.1 Å². The predicted molar refractivity (Wildman–Crippen MR) is 59.8 cm³/mol. The average Bonchev–Trinajstić information content (AvgIpc) is 2.17. The Balaban J connectivity index is 2.70. The van der Waals surface area contributed by atoms with Gasteiger partial charge in [-0.25, -0.2) is 0 Å². The van der Waals surface area contributed by atoms with Crippen molar-refractivity contribution in [2.24, 2.45) is 17.3 Å². The van der Waals surface area contributed by atoms with Gasteiger partial charge in [0.25, 0.3) is 0 Å². The monoisotopic (exact) mass is 182 g/mol. The van der Waals surface area contributed by atoms with Gasteiger partial charge in [-0.3, -0.25) is 0 Å². The first-order valence-corrected chi connectivity index (χ1v) is 6.15. The van der Waals surface area contributed by atoms with Gasteiger partial charge in [0.15, 0.2) is 0 Å². The van der Waals surface area contributed by atoms with Gasteiger partial charge in [0.1, 0.15) is 0 Å². The summed E-state index contributed by atoms with van der Waals surface area (Å²) in [7, 11) is 0. The summed E-state index contributed by atoms with van der Waals surface area (Å²) >= 11 is 0. The molecule has 78 valence electrons. The predicted octanol–water partition coefficient (Wildman–Crippen LogP) is 4.64. The van der Waals surface area contributed by atoms with Gasteiger partial charge in [-0.15, -0.1) is 0 Å². The van der Waals surface area contributed by atoms with Crippen molar-refractivity contribution in [2.45, 2.75) is 66.2 Å². The highest BCUT2D eigenvalue weighted by Crippen LogP contribution is 2.48. The highest BCUT2D eigenvalue weighted by atomic mass is 14.4. The molecule has 1 saturated carbocycles. The SMILES string of the molecule is CCC(C)C1(C)CCCCC1CC. The Hall–Kier alpha value is 0. The van der Waals surface area contributed by atoms with E-state index in [0.717, 1.165) is 11.8 Å². The van der Waals surface area contributed by atoms with E-state index in [4.69, 9.17) is 0 Å². The van der Waals surface area contributed by atoms with Gasteiger partial charge in [-0.2, -0.15) is 0 Å². The summed E-state index contributed by atoms with van der Waals surface area (Å²) in [6.07, 6.45) is 8.65. The normalized spacial score (nSPS) is 37.4. The van der Waals surface area contributed by atoms with Crippen molar-refractivity contribution < 1.29 is 0 Å². The molecule has 3 unspecified atom stereocenters. The summed E-state index contributed by atoms with van der Waals surface area (Å²) in [4.78, 5) is 0. The van der Waals surface area contributed by atoms with Crippen molar-refractivity contribution in [3.05, 3.63) is 0 Å². The zero-order valence-corrected chi connectivity index (χ0v) is 9.90. The van der Waals surface area contributed by atoms with E-state index in [1.54, 1.807) is 0 Å². The molecular formula is C13H26. The minimum absolute atomic E-state index is 0.655. The Morgan fingerprint density at radius 2 is 2.00 bits per heavy atom. The van der Waals surface area contributed by atoms with Crippen LogP contribution in [0.5, 0.6) is 0 Å². The Bertz CT molecular complexity index is 150. The van der Waals surface area contributed by atoms with Crippen LogP contribution < -0.4 is 0 Å². The fraction of sp³-hybridized carbons (Fsp3) is 1.00. The van der Waals surface area contributed by atoms with E-state index >= 15 is 0 Å². The molecule has 0 aliphatic heterocycles. The molecule has 0 heterocycles. The van der Waals surface area contributed by atoms with Crippen LogP contribution in [0.15, 0.2) is 0 Å². The molecule has 0 aromatic heterocycles. The van der Waals surface area contributed by atoms with Crippen LogP contribution in [0.2, 0.25) is 0 Å². The van der Waals surface area contributed by atoms with Gasteiger partial charge in [-0.05, 0) is 30.1 Å². The van der Waals surface area contributed by atoms with Crippen LogP contribution in [-0.4, -0.2) is 0 Å². The van der Waals surface area contributed by atoms with E-state index in [0.29, 0.717) is 5.41 Å². The smallest absolute Gasteiger partial charge is 0.0272 e. The molecule has 1 aliphatic carbocycles. The molecule has 0 nitrogen and oxygen atoms in total. The minimum atomic E-state index is 0.655. The zero-order chi connectivity index (χ0) is 9.90. The molecule has 0 saturated heterocycles. The largest absolute Gasteiger partial charge is 0.0651 e. The highest BCUT2D eigenvalue weighted by molar-refractivity contribution is 4.88. The van der Waals surface area contributed by atoms with Crippen molar-refractivity contribution in [1.82, 2.24) is 0 Å². The molecule has 1 aliphatic rings. The fourth-order valence-corrected chi connectivity index (χ4v) is 3.22. The third-order valence-corrected chi connectivity index (χ3v) is 4.68. The van der Waals surface area contributed by atoms with E-state index in [-0.39, 0.29) is 0 Å². The van der Waals surface area contributed by atoms with Gasteiger partial charge in [0, 0.05) is 0 Å². The number of hydrogen-bond donors (Lipinski definition) is 0. The van der Waals surface area contributed by atoms with Crippen LogP contribution in [0.4, 0.5) is 0 Å². The second kappa shape index (κ2) is 4.48. The molecule has 0 N–H and O–H groups in total. The summed E-state index contributed by atoms with van der Waals surface area (Å²) in [5.41, 5.74) is 0.655. The molecule has 3 atom stereocenters. The maximum atomic E-state index is 2.54. The molecule has 0 amide bonds. The highest BCUT2D eigenvalue weighted by Gasteiger charge is 2.38. The lowest BCUT2D eigenvalue weighted by molar-refractivity contribution is 0.0471. The maximum absolute atomic E-state index is 2.54. The lowest BCUT2D eigenvalue weighted by Crippen LogP contribution is -2.36. The van der Waals surface area contributed by atoms with Gasteiger partial charge >= 0.3 is 0 Å². The Morgan fingerprint density at radius 1 is 1.31 bits per heavy atom. The molecule has 0 bridgehead atoms. The van der Waals surface area contributed by atoms with Crippen molar-refractivity contribution in [1.29, 1.82) is 0 Å². The van der Waals surface area contributed by atoms with Crippen LogP contribution in [0, 0.1) is 17.3 Å². The molecule has 0 aromatic rings. The maximum Gasteiger partial charge on any atom is -0.0272 e. The molecule has 1 fully saturated rings. The van der Waals surface area contributed by atoms with Gasteiger partial charge in [-0.1, -0.05) is 53.4 Å². The first-order chi connectivity index (χ1) is 6.15. The van der Waals surface area contributed by atoms with E-state index in [1.165, 1.54) is 38.5 Å². The Kier molecular flexibility index (Phi) is 3.82. The van der Waals surface area contributed by atoms with Crippen LogP contribution in [0.25, 0.3) is 0 Å². The summed E-state index contributed by atoms with van der Waals surface area (Å²) in [5, 5.41) is 0. The number of rotatable bonds is 3. The van der Waals surface area contributed by atoms with Crippen molar-refractivity contribution >= 4 is 0 Å². The van der Waals surface area contributed by atoms with Crippen molar-refractivity contribution in [2.75, 3.05) is 0 Å².